The third-order valence-electron chi connectivity index (χ3n) is 6.52. The molecule has 7 heteroatoms. The van der Waals surface area contributed by atoms with Gasteiger partial charge in [-0.2, -0.15) is 5.10 Å². The van der Waals surface area contributed by atoms with E-state index in [0.717, 1.165) is 55.2 Å². The lowest BCUT2D eigenvalue weighted by molar-refractivity contribution is 0.0297. The van der Waals surface area contributed by atoms with Gasteiger partial charge in [-0.1, -0.05) is 25.1 Å². The molecule has 1 amide bonds. The fourth-order valence-corrected chi connectivity index (χ4v) is 4.82. The van der Waals surface area contributed by atoms with E-state index in [4.69, 9.17) is 9.84 Å². The maximum absolute atomic E-state index is 13.3. The summed E-state index contributed by atoms with van der Waals surface area (Å²) in [6, 6.07) is 10.7. The highest BCUT2D eigenvalue weighted by atomic mass is 16.5. The highest BCUT2D eigenvalue weighted by Gasteiger charge is 2.31. The minimum absolute atomic E-state index is 0.0544. The molecular formula is C25H31N5O2. The number of fused-ring (bicyclic) bond motifs is 2. The van der Waals surface area contributed by atoms with Gasteiger partial charge in [0.05, 0.1) is 18.7 Å². The van der Waals surface area contributed by atoms with E-state index in [9.17, 15) is 4.79 Å². The van der Waals surface area contributed by atoms with Crippen LogP contribution in [0, 0.1) is 0 Å². The zero-order valence-electron chi connectivity index (χ0n) is 18.7. The van der Waals surface area contributed by atoms with Crippen molar-refractivity contribution in [2.75, 3.05) is 26.3 Å². The van der Waals surface area contributed by atoms with E-state index in [0.29, 0.717) is 38.0 Å². The minimum atomic E-state index is 0.0544. The van der Waals surface area contributed by atoms with Crippen molar-refractivity contribution in [2.45, 2.75) is 51.7 Å². The second kappa shape index (κ2) is 9.38. The van der Waals surface area contributed by atoms with E-state index in [-0.39, 0.29) is 5.91 Å². The van der Waals surface area contributed by atoms with Crippen LogP contribution in [0.5, 0.6) is 0 Å². The molecule has 0 bridgehead atoms. The first kappa shape index (κ1) is 21.1. The Bertz CT molecular complexity index is 1100. The van der Waals surface area contributed by atoms with Gasteiger partial charge in [0.2, 0.25) is 0 Å². The topological polar surface area (TPSA) is 72.3 Å². The Labute approximate surface area is 188 Å². The second-order valence-corrected chi connectivity index (χ2v) is 8.76. The van der Waals surface area contributed by atoms with Crippen molar-refractivity contribution in [1.29, 1.82) is 0 Å². The smallest absolute Gasteiger partial charge is 0.274 e. The van der Waals surface area contributed by atoms with E-state index in [1.54, 1.807) is 0 Å². The van der Waals surface area contributed by atoms with Crippen LogP contribution in [-0.4, -0.2) is 57.9 Å². The molecule has 0 saturated carbocycles. The molecule has 0 radical (unpaired) electrons. The molecule has 1 atom stereocenters. The first-order valence-electron chi connectivity index (χ1n) is 11.8. The Kier molecular flexibility index (Phi) is 6.19. The molecule has 168 valence electrons. The van der Waals surface area contributed by atoms with Crippen LogP contribution in [0.15, 0.2) is 36.5 Å². The zero-order chi connectivity index (χ0) is 21.9. The van der Waals surface area contributed by atoms with Crippen molar-refractivity contribution in [3.8, 4) is 0 Å². The van der Waals surface area contributed by atoms with Crippen LogP contribution in [0.4, 0.5) is 0 Å². The van der Waals surface area contributed by atoms with E-state index >= 15 is 0 Å². The van der Waals surface area contributed by atoms with Crippen molar-refractivity contribution >= 4 is 16.8 Å². The quantitative estimate of drug-likeness (QED) is 0.647. The van der Waals surface area contributed by atoms with Gasteiger partial charge >= 0.3 is 0 Å². The van der Waals surface area contributed by atoms with Gasteiger partial charge in [0.15, 0.2) is 5.69 Å². The van der Waals surface area contributed by atoms with Crippen molar-refractivity contribution in [3.63, 3.8) is 0 Å². The fourth-order valence-electron chi connectivity index (χ4n) is 4.82. The second-order valence-electron chi connectivity index (χ2n) is 8.76. The number of carbonyl (C=O) groups is 1. The number of aryl methyl sites for hydroxylation is 1. The highest BCUT2D eigenvalue weighted by Crippen LogP contribution is 2.27. The summed E-state index contributed by atoms with van der Waals surface area (Å²) in [4.78, 5) is 19.7. The lowest BCUT2D eigenvalue weighted by atomic mass is 9.90. The summed E-state index contributed by atoms with van der Waals surface area (Å²) in [6.45, 7) is 6.28. The van der Waals surface area contributed by atoms with Gasteiger partial charge in [-0.15, -0.1) is 0 Å². The maximum Gasteiger partial charge on any atom is 0.274 e. The van der Waals surface area contributed by atoms with Crippen LogP contribution in [0.25, 0.3) is 10.9 Å². The number of benzene rings is 1. The Balaban J connectivity index is 1.32. The standard InChI is InChI=1S/C25H31N5O2/c1-2-9-30-23-8-7-20(26-16-18-14-19-5-3-4-6-22(19)27-17-18)15-21(23)24(28-30)25(31)29-10-12-32-13-11-29/h3-6,14,17,20,26H,2,7-13,15-16H2,1H3. The Morgan fingerprint density at radius 1 is 1.25 bits per heavy atom. The maximum atomic E-state index is 13.3. The number of nitrogens with one attached hydrogen (secondary N) is 1. The summed E-state index contributed by atoms with van der Waals surface area (Å²) in [5, 5.41) is 9.66. The molecule has 5 rings (SSSR count). The average molecular weight is 434 g/mol. The van der Waals surface area contributed by atoms with Gasteiger partial charge in [0.25, 0.3) is 5.91 Å². The summed E-state index contributed by atoms with van der Waals surface area (Å²) >= 11 is 0. The minimum Gasteiger partial charge on any atom is -0.378 e. The molecular weight excluding hydrogens is 402 g/mol. The third kappa shape index (κ3) is 4.27. The molecule has 32 heavy (non-hydrogen) atoms. The Hall–Kier alpha value is -2.77. The van der Waals surface area contributed by atoms with Crippen LogP contribution in [0.1, 0.15) is 47.1 Å². The summed E-state index contributed by atoms with van der Waals surface area (Å²) in [5.74, 6) is 0.0544. The van der Waals surface area contributed by atoms with E-state index in [1.807, 2.05) is 29.3 Å². The lowest BCUT2D eigenvalue weighted by Crippen LogP contribution is -2.41. The van der Waals surface area contributed by atoms with Crippen LogP contribution in [0.3, 0.4) is 0 Å². The molecule has 3 heterocycles. The van der Waals surface area contributed by atoms with Crippen molar-refractivity contribution in [1.82, 2.24) is 25.0 Å². The predicted molar refractivity (Wildman–Crippen MR) is 124 cm³/mol. The number of rotatable bonds is 6. The summed E-state index contributed by atoms with van der Waals surface area (Å²) in [6.07, 6.45) is 5.80. The number of nitrogens with zero attached hydrogens (tertiary/aromatic N) is 4. The highest BCUT2D eigenvalue weighted by molar-refractivity contribution is 5.94. The first-order valence-corrected chi connectivity index (χ1v) is 11.8. The van der Waals surface area contributed by atoms with Gasteiger partial charge in [-0.05, 0) is 43.4 Å². The number of pyridine rings is 1. The average Bonchev–Trinajstić information content (AvgIpc) is 3.20. The number of aromatic nitrogens is 3. The van der Waals surface area contributed by atoms with Crippen LogP contribution in [0.2, 0.25) is 0 Å². The molecule has 7 nitrogen and oxygen atoms in total. The Morgan fingerprint density at radius 3 is 2.94 bits per heavy atom. The number of amides is 1. The molecule has 2 aromatic heterocycles. The number of para-hydroxylation sites is 1. The van der Waals surface area contributed by atoms with E-state index in [1.165, 1.54) is 11.3 Å². The molecule has 1 unspecified atom stereocenters. The number of hydrogen-bond acceptors (Lipinski definition) is 5. The zero-order valence-corrected chi connectivity index (χ0v) is 18.7. The largest absolute Gasteiger partial charge is 0.378 e. The van der Waals surface area contributed by atoms with Gasteiger partial charge < -0.3 is 15.0 Å². The monoisotopic (exact) mass is 433 g/mol. The van der Waals surface area contributed by atoms with Crippen LogP contribution >= 0.6 is 0 Å². The molecule has 1 aliphatic carbocycles. The SMILES string of the molecule is CCCn1nc(C(=O)N2CCOCC2)c2c1CCC(NCc1cnc3ccccc3c1)C2. The number of morpholine rings is 1. The molecule has 1 aromatic carbocycles. The number of ether oxygens (including phenoxy) is 1. The third-order valence-corrected chi connectivity index (χ3v) is 6.52. The van der Waals surface area contributed by atoms with Crippen molar-refractivity contribution in [2.24, 2.45) is 0 Å². The summed E-state index contributed by atoms with van der Waals surface area (Å²) in [5.41, 5.74) is 5.23. The van der Waals surface area contributed by atoms with Gasteiger partial charge in [-0.3, -0.25) is 14.5 Å². The lowest BCUT2D eigenvalue weighted by Gasteiger charge is -2.28. The molecule has 1 aliphatic heterocycles. The number of carbonyl (C=O) groups excluding carboxylic acids is 1. The molecule has 1 fully saturated rings. The Morgan fingerprint density at radius 2 is 2.09 bits per heavy atom. The normalized spacial score (nSPS) is 18.7. The van der Waals surface area contributed by atoms with Crippen molar-refractivity contribution in [3.05, 3.63) is 59.0 Å². The molecule has 1 saturated heterocycles. The molecule has 3 aromatic rings. The number of hydrogen-bond donors (Lipinski definition) is 1. The fraction of sp³-hybridized carbons (Fsp3) is 0.480. The summed E-state index contributed by atoms with van der Waals surface area (Å²) < 4.78 is 7.50. The molecule has 0 spiro atoms. The van der Waals surface area contributed by atoms with E-state index < -0.39 is 0 Å². The van der Waals surface area contributed by atoms with Crippen molar-refractivity contribution < 1.29 is 9.53 Å². The van der Waals surface area contributed by atoms with Gasteiger partial charge in [0.1, 0.15) is 0 Å². The van der Waals surface area contributed by atoms with Crippen LogP contribution in [-0.2, 0) is 30.7 Å². The first-order chi connectivity index (χ1) is 15.7. The summed E-state index contributed by atoms with van der Waals surface area (Å²) in [7, 11) is 0. The van der Waals surface area contributed by atoms with Gasteiger partial charge in [-0.25, -0.2) is 0 Å². The van der Waals surface area contributed by atoms with Gasteiger partial charge in [0, 0.05) is 55.1 Å². The van der Waals surface area contributed by atoms with Crippen LogP contribution < -0.4 is 5.32 Å². The van der Waals surface area contributed by atoms with E-state index in [2.05, 4.69) is 34.0 Å². The molecule has 1 N–H and O–H groups in total. The molecule has 2 aliphatic rings. The predicted octanol–water partition coefficient (Wildman–Crippen LogP) is 2.96.